The summed E-state index contributed by atoms with van der Waals surface area (Å²) >= 11 is 0. The Morgan fingerprint density at radius 1 is 1.03 bits per heavy atom. The van der Waals surface area contributed by atoms with Crippen molar-refractivity contribution < 1.29 is 0 Å². The molecule has 0 amide bonds. The van der Waals surface area contributed by atoms with E-state index in [0.29, 0.717) is 0 Å². The third-order valence-electron chi connectivity index (χ3n) is 8.11. The largest absolute Gasteiger partial charge is 0.209 e. The van der Waals surface area contributed by atoms with Crippen LogP contribution >= 0.6 is 0 Å². The summed E-state index contributed by atoms with van der Waals surface area (Å²) in [5, 5.41) is 0. The van der Waals surface area contributed by atoms with Gasteiger partial charge in [-0.25, -0.2) is 15.0 Å². The van der Waals surface area contributed by atoms with Crippen molar-refractivity contribution in [1.29, 1.82) is 0 Å². The number of fused-ring (bicyclic) bond motifs is 1. The molecular weight excluding hydrogens is 474 g/mol. The zero-order chi connectivity index (χ0) is 27.6. The van der Waals surface area contributed by atoms with E-state index in [2.05, 4.69) is 108 Å². The molecule has 1 heterocycles. The maximum Gasteiger partial charge on any atom is 0.163 e. The summed E-state index contributed by atoms with van der Waals surface area (Å²) in [7, 11) is 0. The van der Waals surface area contributed by atoms with Crippen molar-refractivity contribution in [3.8, 4) is 0 Å². The molecule has 39 heavy (non-hydrogen) atoms. The van der Waals surface area contributed by atoms with Crippen LogP contribution in [0.1, 0.15) is 101 Å². The summed E-state index contributed by atoms with van der Waals surface area (Å²) in [5.74, 6) is 2.53. The van der Waals surface area contributed by atoms with E-state index in [1.165, 1.54) is 33.4 Å². The van der Waals surface area contributed by atoms with E-state index in [1.807, 2.05) is 19.1 Å². The summed E-state index contributed by atoms with van der Waals surface area (Å²) in [6.45, 7) is 13.1. The first kappa shape index (κ1) is 26.7. The van der Waals surface area contributed by atoms with Crippen molar-refractivity contribution in [3.05, 3.63) is 125 Å². The van der Waals surface area contributed by atoms with Crippen molar-refractivity contribution in [2.45, 2.75) is 72.1 Å². The quantitative estimate of drug-likeness (QED) is 0.361. The molecule has 0 spiro atoms. The van der Waals surface area contributed by atoms with Gasteiger partial charge in [-0.15, -0.1) is 0 Å². The Kier molecular flexibility index (Phi) is 7.61. The predicted octanol–water partition coefficient (Wildman–Crippen LogP) is 9.35. The highest BCUT2D eigenvalue weighted by Gasteiger charge is 2.35. The summed E-state index contributed by atoms with van der Waals surface area (Å²) in [6, 6.07) is 7.07. The van der Waals surface area contributed by atoms with Crippen molar-refractivity contribution in [1.82, 2.24) is 15.0 Å². The van der Waals surface area contributed by atoms with Crippen LogP contribution in [0, 0.1) is 0 Å². The van der Waals surface area contributed by atoms with E-state index in [1.54, 1.807) is 0 Å². The summed E-state index contributed by atoms with van der Waals surface area (Å²) in [5.41, 5.74) is 10.2. The second-order valence-corrected chi connectivity index (χ2v) is 11.2. The van der Waals surface area contributed by atoms with Gasteiger partial charge in [0.25, 0.3) is 0 Å². The first-order valence-electron chi connectivity index (χ1n) is 14.1. The Bertz CT molecular complexity index is 1530. The van der Waals surface area contributed by atoms with Gasteiger partial charge in [0.05, 0.1) is 0 Å². The third kappa shape index (κ3) is 5.23. The molecule has 198 valence electrons. The van der Waals surface area contributed by atoms with Crippen LogP contribution in [-0.4, -0.2) is 15.0 Å². The molecule has 1 aromatic carbocycles. The highest BCUT2D eigenvalue weighted by atomic mass is 15.0. The topological polar surface area (TPSA) is 38.7 Å². The minimum absolute atomic E-state index is 0.0247. The molecule has 3 aliphatic rings. The molecule has 3 heteroatoms. The van der Waals surface area contributed by atoms with Gasteiger partial charge in [-0.1, -0.05) is 98.9 Å². The molecule has 0 saturated heterocycles. The first-order valence-corrected chi connectivity index (χ1v) is 14.1. The van der Waals surface area contributed by atoms with Crippen LogP contribution in [0.2, 0.25) is 0 Å². The Labute approximate surface area is 233 Å². The van der Waals surface area contributed by atoms with Gasteiger partial charge >= 0.3 is 0 Å². The Hall–Kier alpha value is -3.85. The van der Waals surface area contributed by atoms with Gasteiger partial charge in [-0.3, -0.25) is 0 Å². The van der Waals surface area contributed by atoms with Crippen LogP contribution < -0.4 is 0 Å². The molecule has 0 radical (unpaired) electrons. The second kappa shape index (κ2) is 11.1. The number of nitrogens with zero attached hydrogens (tertiary/aromatic N) is 3. The van der Waals surface area contributed by atoms with Gasteiger partial charge in [0.15, 0.2) is 17.5 Å². The minimum Gasteiger partial charge on any atom is -0.209 e. The average Bonchev–Trinajstić information content (AvgIpc) is 3.16. The van der Waals surface area contributed by atoms with E-state index in [-0.39, 0.29) is 11.3 Å². The number of allylic oxidation sites excluding steroid dienone is 16. The molecule has 0 saturated carbocycles. The van der Waals surface area contributed by atoms with Crippen LogP contribution in [-0.2, 0) is 5.41 Å². The standard InChI is InChI=1S/C36H39N3/c1-7-9-15-24(3)33-37-34(26-16-11-10-12-17-26)39-35(38-33)29-19-13-18-27(22-29)28-20-21-32-30(23-28)25(4)31(14-8-2)36(32,5)6/h7-11,13-16,19-23,27H,12,17-18H2,1-6H3/b9-7-,14-8-,24-15+/t27-/m1/s1. The molecule has 2 aromatic rings. The molecule has 3 nitrogen and oxygen atoms in total. The molecule has 1 atom stereocenters. The Morgan fingerprint density at radius 2 is 1.85 bits per heavy atom. The van der Waals surface area contributed by atoms with E-state index < -0.39 is 0 Å². The van der Waals surface area contributed by atoms with Crippen LogP contribution in [0.4, 0.5) is 0 Å². The smallest absolute Gasteiger partial charge is 0.163 e. The van der Waals surface area contributed by atoms with Gasteiger partial charge in [-0.2, -0.15) is 0 Å². The molecule has 0 N–H and O–H groups in total. The molecule has 0 unspecified atom stereocenters. The highest BCUT2D eigenvalue weighted by Crippen LogP contribution is 2.47. The molecule has 3 aliphatic carbocycles. The van der Waals surface area contributed by atoms with Crippen molar-refractivity contribution in [3.63, 3.8) is 0 Å². The van der Waals surface area contributed by atoms with E-state index in [0.717, 1.165) is 47.9 Å². The minimum atomic E-state index is 0.0247. The highest BCUT2D eigenvalue weighted by molar-refractivity contribution is 5.82. The molecule has 5 rings (SSSR count). The van der Waals surface area contributed by atoms with Crippen LogP contribution in [0.25, 0.3) is 22.3 Å². The fraction of sp³-hybridized carbons (Fsp3) is 0.306. The molecular formula is C36H39N3. The average molecular weight is 514 g/mol. The first-order chi connectivity index (χ1) is 18.8. The molecule has 1 aromatic heterocycles. The molecule has 0 bridgehead atoms. The normalized spacial score (nSPS) is 20.7. The lowest BCUT2D eigenvalue weighted by molar-refractivity contribution is 0.653. The monoisotopic (exact) mass is 513 g/mol. The maximum absolute atomic E-state index is 4.99. The van der Waals surface area contributed by atoms with Gasteiger partial charge in [0.2, 0.25) is 0 Å². The fourth-order valence-electron chi connectivity index (χ4n) is 5.90. The third-order valence-corrected chi connectivity index (χ3v) is 8.11. The van der Waals surface area contributed by atoms with Gasteiger partial charge in [0.1, 0.15) is 0 Å². The molecule has 0 fully saturated rings. The summed E-state index contributed by atoms with van der Waals surface area (Å²) in [6.07, 6.45) is 26.7. The molecule has 0 aliphatic heterocycles. The number of hydrogen-bond acceptors (Lipinski definition) is 3. The van der Waals surface area contributed by atoms with Crippen LogP contribution in [0.15, 0.2) is 90.6 Å². The number of rotatable bonds is 6. The lowest BCUT2D eigenvalue weighted by Crippen LogP contribution is -2.16. The van der Waals surface area contributed by atoms with Crippen LogP contribution in [0.5, 0.6) is 0 Å². The number of hydrogen-bond donors (Lipinski definition) is 0. The van der Waals surface area contributed by atoms with Gasteiger partial charge in [-0.05, 0) is 85.9 Å². The van der Waals surface area contributed by atoms with Gasteiger partial charge in [0, 0.05) is 16.9 Å². The zero-order valence-corrected chi connectivity index (χ0v) is 24.1. The SMILES string of the molecule is C/C=C\C=C(/C)c1nc(C2=C[C@H](c3ccc4c(c3)C(C)=C(/C=C\C)C4(C)C)CC=C2)nc(C2=CC=CCC2)n1. The predicted molar refractivity (Wildman–Crippen MR) is 166 cm³/mol. The fourth-order valence-corrected chi connectivity index (χ4v) is 5.90. The van der Waals surface area contributed by atoms with E-state index >= 15 is 0 Å². The van der Waals surface area contributed by atoms with Crippen molar-refractivity contribution in [2.75, 3.05) is 0 Å². The van der Waals surface area contributed by atoms with E-state index in [9.17, 15) is 0 Å². The maximum atomic E-state index is 4.99. The van der Waals surface area contributed by atoms with E-state index in [4.69, 9.17) is 15.0 Å². The van der Waals surface area contributed by atoms with Crippen molar-refractivity contribution in [2.24, 2.45) is 0 Å². The Balaban J connectivity index is 1.55. The lowest BCUT2D eigenvalue weighted by atomic mass is 9.80. The summed E-state index contributed by atoms with van der Waals surface area (Å²) in [4.78, 5) is 14.8. The van der Waals surface area contributed by atoms with Crippen LogP contribution in [0.3, 0.4) is 0 Å². The lowest BCUT2D eigenvalue weighted by Gasteiger charge is -2.24. The zero-order valence-electron chi connectivity index (χ0n) is 24.1. The van der Waals surface area contributed by atoms with Gasteiger partial charge < -0.3 is 0 Å². The summed E-state index contributed by atoms with van der Waals surface area (Å²) < 4.78 is 0. The number of benzene rings is 1. The second-order valence-electron chi connectivity index (χ2n) is 11.2. The van der Waals surface area contributed by atoms with Crippen molar-refractivity contribution >= 4 is 22.3 Å². The Morgan fingerprint density at radius 3 is 2.59 bits per heavy atom. The number of aromatic nitrogens is 3.